The summed E-state index contributed by atoms with van der Waals surface area (Å²) in [5.41, 5.74) is 0.400. The van der Waals surface area contributed by atoms with Gasteiger partial charge in [-0.15, -0.1) is 6.58 Å². The minimum Gasteiger partial charge on any atom is -0.385 e. The van der Waals surface area contributed by atoms with Gasteiger partial charge in [-0.05, 0) is 61.7 Å². The van der Waals surface area contributed by atoms with Crippen LogP contribution in [0.15, 0.2) is 61.2 Å². The predicted molar refractivity (Wildman–Crippen MR) is 92.5 cm³/mol. The van der Waals surface area contributed by atoms with Gasteiger partial charge >= 0.3 is 0 Å². The van der Waals surface area contributed by atoms with Gasteiger partial charge in [0.1, 0.15) is 11.6 Å². The lowest BCUT2D eigenvalue weighted by Crippen LogP contribution is -2.31. The molecule has 0 aliphatic heterocycles. The Morgan fingerprint density at radius 1 is 1.17 bits per heavy atom. The summed E-state index contributed by atoms with van der Waals surface area (Å²) in [6.45, 7) is 6.16. The molecule has 24 heavy (non-hydrogen) atoms. The molecule has 128 valence electrons. The molecule has 0 amide bonds. The summed E-state index contributed by atoms with van der Waals surface area (Å²) in [4.78, 5) is 0. The third-order valence-corrected chi connectivity index (χ3v) is 4.20. The molecule has 0 aliphatic carbocycles. The van der Waals surface area contributed by atoms with Crippen molar-refractivity contribution in [3.8, 4) is 0 Å². The van der Waals surface area contributed by atoms with Crippen LogP contribution >= 0.6 is 0 Å². The van der Waals surface area contributed by atoms with Crippen molar-refractivity contribution in [2.24, 2.45) is 0 Å². The molecule has 0 aromatic heterocycles. The normalized spacial score (nSPS) is 14.8. The minimum atomic E-state index is -1.11. The Balaban J connectivity index is 2.01. The second-order valence-electron chi connectivity index (χ2n) is 6.01. The highest BCUT2D eigenvalue weighted by atomic mass is 19.1. The average Bonchev–Trinajstić information content (AvgIpc) is 2.55. The van der Waals surface area contributed by atoms with Crippen LogP contribution in [0.5, 0.6) is 0 Å². The molecule has 2 atom stereocenters. The maximum atomic E-state index is 13.3. The lowest BCUT2D eigenvalue weighted by atomic mass is 9.87. The van der Waals surface area contributed by atoms with E-state index in [0.29, 0.717) is 24.9 Å². The molecule has 0 saturated carbocycles. The van der Waals surface area contributed by atoms with Gasteiger partial charge in [-0.3, -0.25) is 0 Å². The zero-order valence-electron chi connectivity index (χ0n) is 13.8. The Hall–Kier alpha value is -2.04. The van der Waals surface area contributed by atoms with Crippen molar-refractivity contribution in [1.29, 1.82) is 0 Å². The molecule has 0 saturated heterocycles. The summed E-state index contributed by atoms with van der Waals surface area (Å²) in [7, 11) is 0. The van der Waals surface area contributed by atoms with Gasteiger partial charge in [-0.1, -0.05) is 30.3 Å². The molecule has 0 bridgehead atoms. The molecule has 2 aromatic carbocycles. The second-order valence-corrected chi connectivity index (χ2v) is 6.01. The molecule has 2 rings (SSSR count). The average molecular weight is 331 g/mol. The monoisotopic (exact) mass is 331 g/mol. The van der Waals surface area contributed by atoms with Gasteiger partial charge in [0.2, 0.25) is 0 Å². The first-order valence-electron chi connectivity index (χ1n) is 8.03. The Labute approximate surface area is 141 Å². The van der Waals surface area contributed by atoms with E-state index >= 15 is 0 Å². The Kier molecular flexibility index (Phi) is 6.23. The lowest BCUT2D eigenvalue weighted by molar-refractivity contribution is 0.0302. The third-order valence-electron chi connectivity index (χ3n) is 4.20. The summed E-state index contributed by atoms with van der Waals surface area (Å²) in [6.07, 6.45) is 2.46. The van der Waals surface area contributed by atoms with E-state index in [-0.39, 0.29) is 17.7 Å². The van der Waals surface area contributed by atoms with Gasteiger partial charge in [-0.2, -0.15) is 0 Å². The van der Waals surface area contributed by atoms with Gasteiger partial charge in [0, 0.05) is 6.04 Å². The first kappa shape index (κ1) is 18.3. The standard InChI is InChI=1S/C20H23F2NO/c1-3-11-20(24,17-7-9-18(21)10-8-17)12-13-23-15(2)16-5-4-6-19(22)14-16/h3-10,14-15,23-24H,1,11-13H2,2H3. The van der Waals surface area contributed by atoms with Gasteiger partial charge in [-0.25, -0.2) is 8.78 Å². The molecule has 0 aliphatic rings. The number of aliphatic hydroxyl groups is 1. The fourth-order valence-electron chi connectivity index (χ4n) is 2.75. The molecule has 0 heterocycles. The van der Waals surface area contributed by atoms with E-state index in [9.17, 15) is 13.9 Å². The summed E-state index contributed by atoms with van der Waals surface area (Å²) < 4.78 is 26.4. The fourth-order valence-corrected chi connectivity index (χ4v) is 2.75. The number of halogens is 2. The minimum absolute atomic E-state index is 0.0399. The van der Waals surface area contributed by atoms with Crippen LogP contribution in [-0.2, 0) is 5.60 Å². The van der Waals surface area contributed by atoms with Crippen molar-refractivity contribution in [3.63, 3.8) is 0 Å². The number of benzene rings is 2. The molecule has 0 fully saturated rings. The molecular weight excluding hydrogens is 308 g/mol. The molecular formula is C20H23F2NO. The molecule has 0 spiro atoms. The summed E-state index contributed by atoms with van der Waals surface area (Å²) >= 11 is 0. The Morgan fingerprint density at radius 2 is 1.88 bits per heavy atom. The second kappa shape index (κ2) is 8.18. The molecule has 2 N–H and O–H groups in total. The van der Waals surface area contributed by atoms with E-state index in [2.05, 4.69) is 11.9 Å². The van der Waals surface area contributed by atoms with Crippen LogP contribution in [0.4, 0.5) is 8.78 Å². The van der Waals surface area contributed by atoms with Crippen molar-refractivity contribution in [2.45, 2.75) is 31.4 Å². The van der Waals surface area contributed by atoms with Crippen molar-refractivity contribution < 1.29 is 13.9 Å². The first-order valence-corrected chi connectivity index (χ1v) is 8.03. The highest BCUT2D eigenvalue weighted by Gasteiger charge is 2.27. The number of hydrogen-bond donors (Lipinski definition) is 2. The lowest BCUT2D eigenvalue weighted by Gasteiger charge is -2.28. The van der Waals surface area contributed by atoms with Crippen LogP contribution in [0.25, 0.3) is 0 Å². The van der Waals surface area contributed by atoms with Gasteiger partial charge in [0.15, 0.2) is 0 Å². The Bertz CT molecular complexity index is 672. The highest BCUT2D eigenvalue weighted by molar-refractivity contribution is 5.24. The molecule has 2 unspecified atom stereocenters. The quantitative estimate of drug-likeness (QED) is 0.700. The maximum Gasteiger partial charge on any atom is 0.123 e. The van der Waals surface area contributed by atoms with Crippen LogP contribution < -0.4 is 5.32 Å². The van der Waals surface area contributed by atoms with E-state index in [4.69, 9.17) is 0 Å². The number of hydrogen-bond acceptors (Lipinski definition) is 2. The number of nitrogens with one attached hydrogen (secondary N) is 1. The van der Waals surface area contributed by atoms with Crippen LogP contribution in [-0.4, -0.2) is 11.7 Å². The molecule has 0 radical (unpaired) electrons. The molecule has 2 nitrogen and oxygen atoms in total. The Morgan fingerprint density at radius 3 is 2.50 bits per heavy atom. The van der Waals surface area contributed by atoms with Gasteiger partial charge in [0.25, 0.3) is 0 Å². The van der Waals surface area contributed by atoms with Crippen LogP contribution in [0.1, 0.15) is 36.9 Å². The third kappa shape index (κ3) is 4.73. The summed E-state index contributed by atoms with van der Waals surface area (Å²) in [6, 6.07) is 12.3. The maximum absolute atomic E-state index is 13.3. The van der Waals surface area contributed by atoms with Crippen molar-refractivity contribution in [1.82, 2.24) is 5.32 Å². The smallest absolute Gasteiger partial charge is 0.123 e. The van der Waals surface area contributed by atoms with Crippen molar-refractivity contribution >= 4 is 0 Å². The summed E-state index contributed by atoms with van der Waals surface area (Å²) in [5.74, 6) is -0.604. The van der Waals surface area contributed by atoms with Gasteiger partial charge < -0.3 is 10.4 Å². The van der Waals surface area contributed by atoms with Gasteiger partial charge in [0.05, 0.1) is 5.60 Å². The van der Waals surface area contributed by atoms with E-state index < -0.39 is 5.60 Å². The topological polar surface area (TPSA) is 32.3 Å². The van der Waals surface area contributed by atoms with Crippen molar-refractivity contribution in [3.05, 3.63) is 83.9 Å². The van der Waals surface area contributed by atoms with E-state index in [1.165, 1.54) is 24.3 Å². The van der Waals surface area contributed by atoms with Crippen LogP contribution in [0, 0.1) is 11.6 Å². The molecule has 4 heteroatoms. The van der Waals surface area contributed by atoms with E-state index in [1.807, 2.05) is 13.0 Å². The largest absolute Gasteiger partial charge is 0.385 e. The van der Waals surface area contributed by atoms with E-state index in [0.717, 1.165) is 5.56 Å². The van der Waals surface area contributed by atoms with Crippen LogP contribution in [0.3, 0.4) is 0 Å². The predicted octanol–water partition coefficient (Wildman–Crippen LogP) is 4.47. The van der Waals surface area contributed by atoms with Crippen molar-refractivity contribution in [2.75, 3.05) is 6.54 Å². The number of rotatable bonds is 8. The fraction of sp³-hybridized carbons (Fsp3) is 0.300. The van der Waals surface area contributed by atoms with E-state index in [1.54, 1.807) is 24.3 Å². The molecule has 2 aromatic rings. The highest BCUT2D eigenvalue weighted by Crippen LogP contribution is 2.29. The zero-order valence-corrected chi connectivity index (χ0v) is 13.8. The zero-order chi connectivity index (χ0) is 17.6. The first-order chi connectivity index (χ1) is 11.4. The summed E-state index contributed by atoms with van der Waals surface area (Å²) in [5, 5.41) is 14.2. The SMILES string of the molecule is C=CCC(O)(CCNC(C)c1cccc(F)c1)c1ccc(F)cc1. The van der Waals surface area contributed by atoms with Crippen LogP contribution in [0.2, 0.25) is 0 Å².